The normalized spacial score (nSPS) is 19.8. The van der Waals surface area contributed by atoms with Gasteiger partial charge in [0.1, 0.15) is 6.04 Å². The number of unbranched alkanes of at least 4 members (excludes halogenated alkanes) is 2. The summed E-state index contributed by atoms with van der Waals surface area (Å²) in [5, 5.41) is 4.90. The Morgan fingerprint density at radius 1 is 0.826 bits per heavy atom. The molecule has 0 spiro atoms. The molecule has 3 aliphatic heterocycles. The molecule has 254 valence electrons. The van der Waals surface area contributed by atoms with E-state index in [0.29, 0.717) is 65.9 Å². The zero-order valence-corrected chi connectivity index (χ0v) is 26.3. The van der Waals surface area contributed by atoms with Gasteiger partial charge in [0.05, 0.1) is 69.7 Å². The van der Waals surface area contributed by atoms with Crippen molar-refractivity contribution in [2.75, 3.05) is 71.4 Å². The molecule has 2 N–H and O–H groups in total. The largest absolute Gasteiger partial charge is 0.379 e. The van der Waals surface area contributed by atoms with Crippen LogP contribution in [0, 0.1) is 0 Å². The molecule has 5 amide bonds. The molecule has 2 atom stereocenters. The van der Waals surface area contributed by atoms with Crippen molar-refractivity contribution in [2.45, 2.75) is 70.1 Å². The number of nitrogens with zero attached hydrogens (tertiary/aromatic N) is 1. The fraction of sp³-hybridized carbons (Fsp3) is 0.656. The van der Waals surface area contributed by atoms with Crippen molar-refractivity contribution in [1.82, 2.24) is 10.2 Å². The molecule has 2 fully saturated rings. The Morgan fingerprint density at radius 2 is 1.52 bits per heavy atom. The maximum Gasteiger partial charge on any atom is 0.264 e. The molecular weight excluding hydrogens is 602 g/mol. The Balaban J connectivity index is 0.974. The van der Waals surface area contributed by atoms with Crippen molar-refractivity contribution in [3.8, 4) is 0 Å². The number of nitrogens with one attached hydrogen (secondary N) is 2. The number of hydrogen-bond acceptors (Lipinski definition) is 11. The molecule has 0 radical (unpaired) electrons. The number of carbonyl (C=O) groups excluding carboxylic acids is 5. The zero-order valence-electron chi connectivity index (χ0n) is 26.3. The highest BCUT2D eigenvalue weighted by molar-refractivity contribution is 6.26. The summed E-state index contributed by atoms with van der Waals surface area (Å²) in [5.74, 6) is -2.68. The smallest absolute Gasteiger partial charge is 0.264 e. The van der Waals surface area contributed by atoms with E-state index < -0.39 is 29.7 Å². The van der Waals surface area contributed by atoms with Crippen LogP contribution in [0.3, 0.4) is 0 Å². The molecule has 3 aliphatic rings. The lowest BCUT2D eigenvalue weighted by atomic mass is 10.0. The second kappa shape index (κ2) is 19.4. The number of hydrogen-bond donors (Lipinski definition) is 2. The molecule has 14 nitrogen and oxygen atoms in total. The second-order valence-electron chi connectivity index (χ2n) is 11.2. The minimum absolute atomic E-state index is 0.0349. The molecule has 3 heterocycles. The van der Waals surface area contributed by atoms with Crippen LogP contribution in [0.5, 0.6) is 0 Å². The van der Waals surface area contributed by atoms with Crippen molar-refractivity contribution in [1.29, 1.82) is 0 Å². The standard InChI is InChI=1S/C32H45N3O11/c36-26(33-24-8-6-7-23-29(24)32(40)35(31(23)39)25-11-12-27(37)34-30(25)38)9-2-1-4-13-41-15-16-42-17-18-43-19-20-44-21-22-46-28-10-3-5-14-45-28/h6-8,25,28H,1-5,9-22H2,(H,33,36)(H,34,37,38). The van der Waals surface area contributed by atoms with E-state index in [1.54, 1.807) is 12.1 Å². The van der Waals surface area contributed by atoms with Gasteiger partial charge in [-0.25, -0.2) is 0 Å². The van der Waals surface area contributed by atoms with E-state index in [9.17, 15) is 24.0 Å². The van der Waals surface area contributed by atoms with Gasteiger partial charge in [0.25, 0.3) is 11.8 Å². The predicted octanol–water partition coefficient (Wildman–Crippen LogP) is 2.20. The van der Waals surface area contributed by atoms with Crippen LogP contribution in [0.4, 0.5) is 5.69 Å². The quantitative estimate of drug-likeness (QED) is 0.148. The summed E-state index contributed by atoms with van der Waals surface area (Å²) in [5.41, 5.74) is 0.404. The Hall–Kier alpha value is -3.27. The number of anilines is 1. The van der Waals surface area contributed by atoms with Gasteiger partial charge in [-0.1, -0.05) is 12.5 Å². The van der Waals surface area contributed by atoms with Crippen LogP contribution in [0.2, 0.25) is 0 Å². The number of imide groups is 2. The van der Waals surface area contributed by atoms with E-state index in [0.717, 1.165) is 43.6 Å². The molecule has 0 saturated carbocycles. The van der Waals surface area contributed by atoms with Crippen LogP contribution in [0.15, 0.2) is 18.2 Å². The molecule has 1 aromatic rings. The molecule has 0 bridgehead atoms. The second-order valence-corrected chi connectivity index (χ2v) is 11.2. The van der Waals surface area contributed by atoms with Crippen molar-refractivity contribution in [3.05, 3.63) is 29.3 Å². The summed E-state index contributed by atoms with van der Waals surface area (Å²) in [6, 6.07) is 3.55. The molecule has 46 heavy (non-hydrogen) atoms. The molecule has 2 saturated heterocycles. The number of carbonyl (C=O) groups is 5. The monoisotopic (exact) mass is 647 g/mol. The zero-order chi connectivity index (χ0) is 32.6. The fourth-order valence-corrected chi connectivity index (χ4v) is 5.34. The van der Waals surface area contributed by atoms with Gasteiger partial charge in [-0.05, 0) is 50.7 Å². The number of amides is 5. The number of benzene rings is 1. The Morgan fingerprint density at radius 3 is 2.20 bits per heavy atom. The van der Waals surface area contributed by atoms with Gasteiger partial charge >= 0.3 is 0 Å². The third-order valence-electron chi connectivity index (χ3n) is 7.72. The van der Waals surface area contributed by atoms with Gasteiger partial charge in [0.2, 0.25) is 17.7 Å². The lowest BCUT2D eigenvalue weighted by Crippen LogP contribution is -2.54. The van der Waals surface area contributed by atoms with Gasteiger partial charge < -0.3 is 33.7 Å². The van der Waals surface area contributed by atoms with E-state index in [-0.39, 0.29) is 48.3 Å². The Labute approximate surface area is 268 Å². The summed E-state index contributed by atoms with van der Waals surface area (Å²) >= 11 is 0. The molecule has 4 rings (SSSR count). The van der Waals surface area contributed by atoms with Crippen molar-refractivity contribution < 1.29 is 52.4 Å². The van der Waals surface area contributed by atoms with Crippen LogP contribution in [-0.2, 0) is 42.8 Å². The summed E-state index contributed by atoms with van der Waals surface area (Å²) < 4.78 is 33.1. The average molecular weight is 648 g/mol. The first-order valence-corrected chi connectivity index (χ1v) is 16.1. The minimum Gasteiger partial charge on any atom is -0.379 e. The highest BCUT2D eigenvalue weighted by Crippen LogP contribution is 2.32. The van der Waals surface area contributed by atoms with Crippen LogP contribution >= 0.6 is 0 Å². The molecule has 14 heteroatoms. The highest BCUT2D eigenvalue weighted by atomic mass is 16.7. The van der Waals surface area contributed by atoms with E-state index in [1.165, 1.54) is 6.07 Å². The molecule has 0 aliphatic carbocycles. The summed E-state index contributed by atoms with van der Waals surface area (Å²) in [6.07, 6.45) is 5.62. The third kappa shape index (κ3) is 10.9. The van der Waals surface area contributed by atoms with Crippen molar-refractivity contribution in [3.63, 3.8) is 0 Å². The van der Waals surface area contributed by atoms with E-state index >= 15 is 0 Å². The Bertz CT molecular complexity index is 1190. The topological polar surface area (TPSA) is 168 Å². The third-order valence-corrected chi connectivity index (χ3v) is 7.72. The summed E-state index contributed by atoms with van der Waals surface area (Å²) in [4.78, 5) is 63.3. The number of fused-ring (bicyclic) bond motifs is 1. The lowest BCUT2D eigenvalue weighted by molar-refractivity contribution is -0.169. The average Bonchev–Trinajstić information content (AvgIpc) is 3.30. The highest BCUT2D eigenvalue weighted by Gasteiger charge is 2.45. The predicted molar refractivity (Wildman–Crippen MR) is 163 cm³/mol. The van der Waals surface area contributed by atoms with Gasteiger partial charge in [-0.15, -0.1) is 0 Å². The van der Waals surface area contributed by atoms with Crippen molar-refractivity contribution >= 4 is 35.2 Å². The number of piperidine rings is 1. The molecular formula is C32H45N3O11. The number of ether oxygens (including phenoxy) is 6. The SMILES string of the molecule is O=C1CCC(N2C(=O)c3cccc(NC(=O)CCCCCOCCOCCOCCOCCOC4CCCCO4)c3C2=O)C(=O)N1. The van der Waals surface area contributed by atoms with E-state index in [1.807, 2.05) is 0 Å². The van der Waals surface area contributed by atoms with E-state index in [2.05, 4.69) is 10.6 Å². The van der Waals surface area contributed by atoms with E-state index in [4.69, 9.17) is 28.4 Å². The number of rotatable bonds is 21. The minimum atomic E-state index is -1.06. The van der Waals surface area contributed by atoms with Crippen LogP contribution < -0.4 is 10.6 Å². The maximum atomic E-state index is 13.2. The van der Waals surface area contributed by atoms with Gasteiger partial charge in [-0.3, -0.25) is 34.2 Å². The van der Waals surface area contributed by atoms with Crippen molar-refractivity contribution in [2.24, 2.45) is 0 Å². The molecule has 2 unspecified atom stereocenters. The molecule has 0 aromatic heterocycles. The lowest BCUT2D eigenvalue weighted by Gasteiger charge is -2.27. The van der Waals surface area contributed by atoms with Crippen LogP contribution in [0.25, 0.3) is 0 Å². The summed E-state index contributed by atoms with van der Waals surface area (Å²) in [6.45, 7) is 5.22. The first-order chi connectivity index (χ1) is 22.5. The fourth-order valence-electron chi connectivity index (χ4n) is 5.34. The van der Waals surface area contributed by atoms with Crippen LogP contribution in [0.1, 0.15) is 78.5 Å². The maximum absolute atomic E-state index is 13.2. The first kappa shape index (κ1) is 35.6. The summed E-state index contributed by atoms with van der Waals surface area (Å²) in [7, 11) is 0. The van der Waals surface area contributed by atoms with Crippen LogP contribution in [-0.4, -0.2) is 113 Å². The van der Waals surface area contributed by atoms with Gasteiger partial charge in [0.15, 0.2) is 6.29 Å². The first-order valence-electron chi connectivity index (χ1n) is 16.1. The Kier molecular flexibility index (Phi) is 15.0. The van der Waals surface area contributed by atoms with Gasteiger partial charge in [-0.2, -0.15) is 0 Å². The van der Waals surface area contributed by atoms with Gasteiger partial charge in [0, 0.05) is 26.1 Å². The molecule has 1 aromatic carbocycles.